The summed E-state index contributed by atoms with van der Waals surface area (Å²) in [5, 5.41) is 5.53. The van der Waals surface area contributed by atoms with Crippen molar-refractivity contribution < 1.29 is 4.79 Å². The SMILES string of the molecule is Cl.NCCCCCNC(=O)Cn1c(-c2ccc3ccccc3c2)nc2ccc(Br)cc2c1=O. The first-order chi connectivity index (χ1) is 15.6. The van der Waals surface area contributed by atoms with Gasteiger partial charge in [-0.2, -0.15) is 0 Å². The van der Waals surface area contributed by atoms with E-state index in [-0.39, 0.29) is 30.4 Å². The number of halogens is 2. The summed E-state index contributed by atoms with van der Waals surface area (Å²) in [6.45, 7) is 1.12. The molecule has 0 aliphatic rings. The molecule has 0 atom stereocenters. The minimum absolute atomic E-state index is 0. The maximum absolute atomic E-state index is 13.4. The molecule has 0 aliphatic heterocycles. The smallest absolute Gasteiger partial charge is 0.262 e. The zero-order chi connectivity index (χ0) is 22.5. The highest BCUT2D eigenvalue weighted by Crippen LogP contribution is 2.25. The van der Waals surface area contributed by atoms with Gasteiger partial charge in [0.25, 0.3) is 5.56 Å². The molecule has 1 aromatic heterocycles. The number of nitrogens with one attached hydrogen (secondary N) is 1. The number of unbranched alkanes of at least 4 members (excludes halogenated alkanes) is 2. The number of carbonyl (C=O) groups excluding carboxylic acids is 1. The summed E-state index contributed by atoms with van der Waals surface area (Å²) in [4.78, 5) is 30.8. The summed E-state index contributed by atoms with van der Waals surface area (Å²) in [5.41, 5.74) is 6.67. The number of nitrogens with zero attached hydrogens (tertiary/aromatic N) is 2. The summed E-state index contributed by atoms with van der Waals surface area (Å²) >= 11 is 3.42. The lowest BCUT2D eigenvalue weighted by molar-refractivity contribution is -0.121. The Balaban J connectivity index is 0.00000306. The molecule has 1 heterocycles. The first-order valence-corrected chi connectivity index (χ1v) is 11.5. The second kappa shape index (κ2) is 11.4. The van der Waals surface area contributed by atoms with Gasteiger partial charge in [0, 0.05) is 16.6 Å². The molecule has 4 rings (SSSR count). The van der Waals surface area contributed by atoms with Gasteiger partial charge >= 0.3 is 0 Å². The van der Waals surface area contributed by atoms with Gasteiger partial charge in [-0.25, -0.2) is 4.98 Å². The first kappa shape index (κ1) is 24.9. The molecular formula is C25H26BrClN4O2. The first-order valence-electron chi connectivity index (χ1n) is 10.7. The molecule has 0 unspecified atom stereocenters. The lowest BCUT2D eigenvalue weighted by Crippen LogP contribution is -2.34. The van der Waals surface area contributed by atoms with E-state index in [2.05, 4.69) is 21.2 Å². The third-order valence-corrected chi connectivity index (χ3v) is 5.92. The van der Waals surface area contributed by atoms with Crippen LogP contribution in [0.1, 0.15) is 19.3 Å². The van der Waals surface area contributed by atoms with Crippen LogP contribution < -0.4 is 16.6 Å². The van der Waals surface area contributed by atoms with Gasteiger partial charge in [-0.05, 0) is 54.4 Å². The molecule has 172 valence electrons. The summed E-state index contributed by atoms with van der Waals surface area (Å²) < 4.78 is 2.26. The molecule has 3 aromatic carbocycles. The highest BCUT2D eigenvalue weighted by Gasteiger charge is 2.16. The van der Waals surface area contributed by atoms with Crippen molar-refractivity contribution in [2.75, 3.05) is 13.1 Å². The van der Waals surface area contributed by atoms with E-state index in [9.17, 15) is 9.59 Å². The fourth-order valence-electron chi connectivity index (χ4n) is 3.76. The van der Waals surface area contributed by atoms with E-state index < -0.39 is 0 Å². The van der Waals surface area contributed by atoms with E-state index >= 15 is 0 Å². The average Bonchev–Trinajstić information content (AvgIpc) is 2.80. The monoisotopic (exact) mass is 528 g/mol. The van der Waals surface area contributed by atoms with Crippen molar-refractivity contribution in [1.29, 1.82) is 0 Å². The Kier molecular flexibility index (Phi) is 8.61. The van der Waals surface area contributed by atoms with E-state index in [1.807, 2.05) is 54.6 Å². The fourth-order valence-corrected chi connectivity index (χ4v) is 4.12. The molecule has 0 bridgehead atoms. The van der Waals surface area contributed by atoms with Crippen molar-refractivity contribution in [3.63, 3.8) is 0 Å². The van der Waals surface area contributed by atoms with Crippen molar-refractivity contribution in [3.8, 4) is 11.4 Å². The van der Waals surface area contributed by atoms with E-state index in [4.69, 9.17) is 10.7 Å². The van der Waals surface area contributed by atoms with Gasteiger partial charge in [0.15, 0.2) is 0 Å². The number of aromatic nitrogens is 2. The highest BCUT2D eigenvalue weighted by atomic mass is 79.9. The Morgan fingerprint density at radius 3 is 2.58 bits per heavy atom. The highest BCUT2D eigenvalue weighted by molar-refractivity contribution is 9.10. The molecule has 0 saturated carbocycles. The van der Waals surface area contributed by atoms with Crippen LogP contribution in [0.2, 0.25) is 0 Å². The van der Waals surface area contributed by atoms with Gasteiger partial charge in [-0.3, -0.25) is 14.2 Å². The van der Waals surface area contributed by atoms with Crippen LogP contribution >= 0.6 is 28.3 Å². The van der Waals surface area contributed by atoms with Crippen LogP contribution in [0.3, 0.4) is 0 Å². The summed E-state index contributed by atoms with van der Waals surface area (Å²) in [6.07, 6.45) is 2.76. The van der Waals surface area contributed by atoms with Crippen molar-refractivity contribution in [2.24, 2.45) is 5.73 Å². The second-order valence-corrected chi connectivity index (χ2v) is 8.67. The number of hydrogen-bond donors (Lipinski definition) is 2. The molecule has 0 fully saturated rings. The summed E-state index contributed by atoms with van der Waals surface area (Å²) in [6, 6.07) is 19.4. The number of amides is 1. The quantitative estimate of drug-likeness (QED) is 0.325. The molecule has 4 aromatic rings. The lowest BCUT2D eigenvalue weighted by atomic mass is 10.1. The van der Waals surface area contributed by atoms with E-state index in [1.165, 1.54) is 4.57 Å². The van der Waals surface area contributed by atoms with Gasteiger partial charge in [0.2, 0.25) is 5.91 Å². The van der Waals surface area contributed by atoms with Gasteiger partial charge in [0.1, 0.15) is 12.4 Å². The molecule has 6 nitrogen and oxygen atoms in total. The molecule has 3 N–H and O–H groups in total. The molecular weight excluding hydrogens is 504 g/mol. The predicted octanol–water partition coefficient (Wildman–Crippen LogP) is 4.65. The average molecular weight is 530 g/mol. The van der Waals surface area contributed by atoms with Crippen LogP contribution in [0.4, 0.5) is 0 Å². The number of fused-ring (bicyclic) bond motifs is 2. The molecule has 1 amide bonds. The van der Waals surface area contributed by atoms with Gasteiger partial charge in [0.05, 0.1) is 10.9 Å². The van der Waals surface area contributed by atoms with E-state index in [1.54, 1.807) is 6.07 Å². The van der Waals surface area contributed by atoms with Crippen LogP contribution in [-0.2, 0) is 11.3 Å². The predicted molar refractivity (Wildman–Crippen MR) is 140 cm³/mol. The van der Waals surface area contributed by atoms with Crippen LogP contribution in [0.25, 0.3) is 33.1 Å². The van der Waals surface area contributed by atoms with Crippen LogP contribution in [0, 0.1) is 0 Å². The molecule has 8 heteroatoms. The third kappa shape index (κ3) is 5.79. The Bertz CT molecular complexity index is 1340. The minimum Gasteiger partial charge on any atom is -0.355 e. The largest absolute Gasteiger partial charge is 0.355 e. The topological polar surface area (TPSA) is 90.0 Å². The van der Waals surface area contributed by atoms with Gasteiger partial charge in [-0.15, -0.1) is 12.4 Å². The molecule has 0 saturated heterocycles. The molecule has 0 radical (unpaired) electrons. The number of hydrogen-bond acceptors (Lipinski definition) is 4. The Morgan fingerprint density at radius 1 is 1.00 bits per heavy atom. The summed E-state index contributed by atoms with van der Waals surface area (Å²) in [5.74, 6) is 0.270. The van der Waals surface area contributed by atoms with E-state index in [0.717, 1.165) is 40.1 Å². The Morgan fingerprint density at radius 2 is 1.79 bits per heavy atom. The third-order valence-electron chi connectivity index (χ3n) is 5.43. The minimum atomic E-state index is -0.238. The second-order valence-electron chi connectivity index (χ2n) is 7.75. The zero-order valence-electron chi connectivity index (χ0n) is 18.1. The van der Waals surface area contributed by atoms with Gasteiger partial charge < -0.3 is 11.1 Å². The Labute approximate surface area is 206 Å². The van der Waals surface area contributed by atoms with Gasteiger partial charge in [-0.1, -0.05) is 58.7 Å². The molecule has 0 spiro atoms. The Hall–Kier alpha value is -2.74. The zero-order valence-corrected chi connectivity index (χ0v) is 20.5. The van der Waals surface area contributed by atoms with E-state index in [0.29, 0.717) is 29.8 Å². The van der Waals surface area contributed by atoms with Crippen LogP contribution in [-0.4, -0.2) is 28.5 Å². The standard InChI is InChI=1S/C25H25BrN4O2.ClH/c26-20-10-11-22-21(15-20)25(32)30(16-23(31)28-13-5-1-4-12-27)24(29-22)19-9-8-17-6-2-3-7-18(17)14-19;/h2-3,6-11,14-15H,1,4-5,12-13,16,27H2,(H,28,31);1H. The van der Waals surface area contributed by atoms with Crippen LogP contribution in [0.15, 0.2) is 69.9 Å². The summed E-state index contributed by atoms with van der Waals surface area (Å²) in [7, 11) is 0. The maximum atomic E-state index is 13.4. The maximum Gasteiger partial charge on any atom is 0.262 e. The molecule has 0 aliphatic carbocycles. The number of rotatable bonds is 8. The fraction of sp³-hybridized carbons (Fsp3) is 0.240. The van der Waals surface area contributed by atoms with Crippen molar-refractivity contribution in [1.82, 2.24) is 14.9 Å². The molecule has 33 heavy (non-hydrogen) atoms. The number of benzene rings is 3. The van der Waals surface area contributed by atoms with Crippen molar-refractivity contribution in [3.05, 3.63) is 75.5 Å². The normalized spacial score (nSPS) is 10.8. The number of carbonyl (C=O) groups is 1. The van der Waals surface area contributed by atoms with Crippen LogP contribution in [0.5, 0.6) is 0 Å². The van der Waals surface area contributed by atoms with Crippen molar-refractivity contribution in [2.45, 2.75) is 25.8 Å². The number of nitrogens with two attached hydrogens (primary N) is 1. The van der Waals surface area contributed by atoms with Crippen molar-refractivity contribution >= 4 is 55.9 Å². The lowest BCUT2D eigenvalue weighted by Gasteiger charge is -2.14.